The maximum absolute atomic E-state index is 6.27. The van der Waals surface area contributed by atoms with Gasteiger partial charge < -0.3 is 14.8 Å². The standard InChI is InChI=1S/C17H23NO2S/c1-3-20-17(8-10-19-11-9-17)16(18-2)14-6-4-5-13-7-12-21-15(13)14/h4-7,12,16,18H,3,8-11H2,1-2H3. The normalized spacial score (nSPS) is 19.7. The largest absolute Gasteiger partial charge is 0.381 e. The Morgan fingerprint density at radius 2 is 2.14 bits per heavy atom. The lowest BCUT2D eigenvalue weighted by atomic mass is 9.81. The summed E-state index contributed by atoms with van der Waals surface area (Å²) >= 11 is 1.81. The molecule has 1 saturated heterocycles. The van der Waals surface area contributed by atoms with Crippen molar-refractivity contribution in [2.45, 2.75) is 31.4 Å². The van der Waals surface area contributed by atoms with Crippen LogP contribution in [0.25, 0.3) is 10.1 Å². The molecule has 21 heavy (non-hydrogen) atoms. The molecule has 0 amide bonds. The number of benzene rings is 1. The zero-order chi connectivity index (χ0) is 14.7. The third-order valence-corrected chi connectivity index (χ3v) is 5.39. The molecule has 0 spiro atoms. The first-order valence-electron chi connectivity index (χ1n) is 7.66. The van der Waals surface area contributed by atoms with Crippen molar-refractivity contribution in [2.75, 3.05) is 26.9 Å². The predicted octanol–water partition coefficient (Wildman–Crippen LogP) is 3.75. The van der Waals surface area contributed by atoms with Crippen molar-refractivity contribution in [1.29, 1.82) is 0 Å². The van der Waals surface area contributed by atoms with Gasteiger partial charge in [-0.25, -0.2) is 0 Å². The van der Waals surface area contributed by atoms with Crippen LogP contribution in [0.2, 0.25) is 0 Å². The van der Waals surface area contributed by atoms with Crippen molar-refractivity contribution < 1.29 is 9.47 Å². The lowest BCUT2D eigenvalue weighted by molar-refractivity contribution is -0.126. The molecule has 2 heterocycles. The van der Waals surface area contributed by atoms with Crippen LogP contribution in [0.4, 0.5) is 0 Å². The topological polar surface area (TPSA) is 30.5 Å². The van der Waals surface area contributed by atoms with E-state index >= 15 is 0 Å². The number of likely N-dealkylation sites (N-methyl/N-ethyl adjacent to an activating group) is 1. The smallest absolute Gasteiger partial charge is 0.0920 e. The molecule has 1 aromatic carbocycles. The fourth-order valence-corrected chi connectivity index (χ4v) is 4.41. The minimum atomic E-state index is -0.167. The molecule has 1 N–H and O–H groups in total. The van der Waals surface area contributed by atoms with E-state index in [9.17, 15) is 0 Å². The fourth-order valence-electron chi connectivity index (χ4n) is 3.47. The van der Waals surface area contributed by atoms with Crippen molar-refractivity contribution in [3.05, 3.63) is 35.2 Å². The maximum Gasteiger partial charge on any atom is 0.0920 e. The van der Waals surface area contributed by atoms with Crippen LogP contribution in [0.15, 0.2) is 29.6 Å². The van der Waals surface area contributed by atoms with Crippen molar-refractivity contribution >= 4 is 21.4 Å². The van der Waals surface area contributed by atoms with Crippen LogP contribution in [0.1, 0.15) is 31.4 Å². The van der Waals surface area contributed by atoms with Gasteiger partial charge in [-0.3, -0.25) is 0 Å². The van der Waals surface area contributed by atoms with Crippen LogP contribution in [-0.2, 0) is 9.47 Å². The van der Waals surface area contributed by atoms with Gasteiger partial charge in [0.25, 0.3) is 0 Å². The van der Waals surface area contributed by atoms with Crippen LogP contribution in [0.3, 0.4) is 0 Å². The Morgan fingerprint density at radius 3 is 2.86 bits per heavy atom. The molecule has 0 aliphatic carbocycles. The zero-order valence-electron chi connectivity index (χ0n) is 12.7. The number of hydrogen-bond acceptors (Lipinski definition) is 4. The summed E-state index contributed by atoms with van der Waals surface area (Å²) in [5.41, 5.74) is 1.18. The van der Waals surface area contributed by atoms with Gasteiger partial charge in [-0.15, -0.1) is 11.3 Å². The third-order valence-electron chi connectivity index (χ3n) is 4.41. The van der Waals surface area contributed by atoms with Gasteiger partial charge in [0.2, 0.25) is 0 Å². The van der Waals surface area contributed by atoms with E-state index in [1.54, 1.807) is 0 Å². The van der Waals surface area contributed by atoms with Crippen LogP contribution in [0, 0.1) is 0 Å². The van der Waals surface area contributed by atoms with E-state index in [2.05, 4.69) is 41.9 Å². The second kappa shape index (κ2) is 6.44. The highest BCUT2D eigenvalue weighted by Gasteiger charge is 2.42. The third kappa shape index (κ3) is 2.73. The first kappa shape index (κ1) is 15.0. The second-order valence-electron chi connectivity index (χ2n) is 5.52. The van der Waals surface area contributed by atoms with E-state index in [1.807, 2.05) is 18.4 Å². The molecule has 0 saturated carbocycles. The Bertz CT molecular complexity index is 584. The number of rotatable bonds is 5. The van der Waals surface area contributed by atoms with Crippen LogP contribution < -0.4 is 5.32 Å². The summed E-state index contributed by atoms with van der Waals surface area (Å²) in [4.78, 5) is 0. The average molecular weight is 305 g/mol. The van der Waals surface area contributed by atoms with Gasteiger partial charge >= 0.3 is 0 Å². The monoisotopic (exact) mass is 305 g/mol. The molecule has 1 unspecified atom stereocenters. The summed E-state index contributed by atoms with van der Waals surface area (Å²) < 4.78 is 13.2. The lowest BCUT2D eigenvalue weighted by Gasteiger charge is -2.43. The molecular formula is C17H23NO2S. The van der Waals surface area contributed by atoms with Crippen molar-refractivity contribution in [3.8, 4) is 0 Å². The summed E-state index contributed by atoms with van der Waals surface area (Å²) in [6, 6.07) is 8.94. The Kier molecular flexibility index (Phi) is 4.60. The minimum Gasteiger partial charge on any atom is -0.381 e. The van der Waals surface area contributed by atoms with Crippen LogP contribution in [0.5, 0.6) is 0 Å². The second-order valence-corrected chi connectivity index (χ2v) is 6.43. The summed E-state index contributed by atoms with van der Waals surface area (Å²) in [6.45, 7) is 4.37. The summed E-state index contributed by atoms with van der Waals surface area (Å²) in [5, 5.41) is 7.00. The highest BCUT2D eigenvalue weighted by molar-refractivity contribution is 7.17. The number of nitrogens with one attached hydrogen (secondary N) is 1. The number of fused-ring (bicyclic) bond motifs is 1. The Hall–Kier alpha value is -0.940. The molecule has 4 heteroatoms. The number of thiophene rings is 1. The molecule has 1 aliphatic heterocycles. The quantitative estimate of drug-likeness (QED) is 0.912. The molecule has 3 rings (SSSR count). The number of ether oxygens (including phenoxy) is 2. The lowest BCUT2D eigenvalue weighted by Crippen LogP contribution is -2.49. The minimum absolute atomic E-state index is 0.167. The summed E-state index contributed by atoms with van der Waals surface area (Å²) in [6.07, 6.45) is 1.88. The SMILES string of the molecule is CCOC1(C(NC)c2cccc3ccsc23)CCOCC1. The predicted molar refractivity (Wildman–Crippen MR) is 88.0 cm³/mol. The molecule has 3 nitrogen and oxygen atoms in total. The van der Waals surface area contributed by atoms with Gasteiger partial charge in [0, 0.05) is 37.4 Å². The van der Waals surface area contributed by atoms with Gasteiger partial charge in [0.05, 0.1) is 11.6 Å². The van der Waals surface area contributed by atoms with E-state index in [0.717, 1.165) is 32.7 Å². The van der Waals surface area contributed by atoms with Gasteiger partial charge in [0.1, 0.15) is 0 Å². The highest BCUT2D eigenvalue weighted by atomic mass is 32.1. The molecular weight excluding hydrogens is 282 g/mol. The van der Waals surface area contributed by atoms with Crippen LogP contribution >= 0.6 is 11.3 Å². The molecule has 1 aromatic heterocycles. The van der Waals surface area contributed by atoms with Crippen molar-refractivity contribution in [3.63, 3.8) is 0 Å². The summed E-state index contributed by atoms with van der Waals surface area (Å²) in [5.74, 6) is 0. The first-order valence-corrected chi connectivity index (χ1v) is 8.54. The van der Waals surface area contributed by atoms with E-state index in [4.69, 9.17) is 9.47 Å². The van der Waals surface area contributed by atoms with Crippen molar-refractivity contribution in [2.24, 2.45) is 0 Å². The molecule has 114 valence electrons. The van der Waals surface area contributed by atoms with Crippen LogP contribution in [-0.4, -0.2) is 32.5 Å². The van der Waals surface area contributed by atoms with E-state index in [-0.39, 0.29) is 11.6 Å². The average Bonchev–Trinajstić information content (AvgIpc) is 2.98. The van der Waals surface area contributed by atoms with Crippen molar-refractivity contribution in [1.82, 2.24) is 5.32 Å². The Morgan fingerprint density at radius 1 is 1.33 bits per heavy atom. The molecule has 0 radical (unpaired) electrons. The van der Waals surface area contributed by atoms with E-state index in [0.29, 0.717) is 0 Å². The zero-order valence-corrected chi connectivity index (χ0v) is 13.5. The van der Waals surface area contributed by atoms with Gasteiger partial charge in [0.15, 0.2) is 0 Å². The Balaban J connectivity index is 2.04. The maximum atomic E-state index is 6.27. The molecule has 1 aliphatic rings. The number of hydrogen-bond donors (Lipinski definition) is 1. The fraction of sp³-hybridized carbons (Fsp3) is 0.529. The van der Waals surface area contributed by atoms with E-state index < -0.39 is 0 Å². The van der Waals surface area contributed by atoms with Gasteiger partial charge in [-0.1, -0.05) is 18.2 Å². The molecule has 1 fully saturated rings. The molecule has 2 aromatic rings. The first-order chi connectivity index (χ1) is 10.3. The summed E-state index contributed by atoms with van der Waals surface area (Å²) in [7, 11) is 2.04. The Labute approximate surface area is 130 Å². The van der Waals surface area contributed by atoms with E-state index in [1.165, 1.54) is 15.6 Å². The van der Waals surface area contributed by atoms with Gasteiger partial charge in [-0.05, 0) is 36.4 Å². The molecule has 1 atom stereocenters. The van der Waals surface area contributed by atoms with Gasteiger partial charge in [-0.2, -0.15) is 0 Å². The molecule has 0 bridgehead atoms. The highest BCUT2D eigenvalue weighted by Crippen LogP contribution is 2.41.